The van der Waals surface area contributed by atoms with Crippen LogP contribution in [0.2, 0.25) is 0 Å². The summed E-state index contributed by atoms with van der Waals surface area (Å²) in [6.07, 6.45) is 8.44. The molecule has 3 heterocycles. The van der Waals surface area contributed by atoms with E-state index in [1.165, 1.54) is 62.1 Å². The highest BCUT2D eigenvalue weighted by atomic mass is 16.3. The monoisotopic (exact) mass is 438 g/mol. The average Bonchev–Trinajstić information content (AvgIpc) is 3.43. The van der Waals surface area contributed by atoms with Crippen LogP contribution in [0.1, 0.15) is 62.3 Å². The van der Waals surface area contributed by atoms with Crippen LogP contribution < -0.4 is 0 Å². The van der Waals surface area contributed by atoms with E-state index in [0.29, 0.717) is 30.5 Å². The number of nitrogens with zero attached hydrogens (tertiary/aromatic N) is 6. The van der Waals surface area contributed by atoms with Crippen LogP contribution in [0.4, 0.5) is 0 Å². The van der Waals surface area contributed by atoms with Crippen molar-refractivity contribution < 1.29 is 5.11 Å². The van der Waals surface area contributed by atoms with Gasteiger partial charge in [-0.2, -0.15) is 4.80 Å². The molecule has 2 aromatic rings. The summed E-state index contributed by atoms with van der Waals surface area (Å²) >= 11 is 0. The molecule has 2 atom stereocenters. The summed E-state index contributed by atoms with van der Waals surface area (Å²) in [5, 5.41) is 23.3. The summed E-state index contributed by atoms with van der Waals surface area (Å²) in [7, 11) is 1.75. The van der Waals surface area contributed by atoms with Gasteiger partial charge in [-0.25, -0.2) is 0 Å². The van der Waals surface area contributed by atoms with E-state index < -0.39 is 5.60 Å². The summed E-state index contributed by atoms with van der Waals surface area (Å²) in [5.41, 5.74) is 0.549. The van der Waals surface area contributed by atoms with Gasteiger partial charge < -0.3 is 14.9 Å². The lowest BCUT2D eigenvalue weighted by atomic mass is 9.86. The molecule has 0 spiro atoms. The second-order valence-corrected chi connectivity index (χ2v) is 10.4. The van der Waals surface area contributed by atoms with Crippen LogP contribution in [-0.4, -0.2) is 74.4 Å². The zero-order valence-electron chi connectivity index (χ0n) is 19.4. The number of hydrogen-bond donors (Lipinski definition) is 1. The Labute approximate surface area is 191 Å². The molecule has 174 valence electrons. The number of benzene rings is 1. The fraction of sp³-hybridized carbons (Fsp3) is 0.720. The molecule has 7 nitrogen and oxygen atoms in total. The maximum Gasteiger partial charge on any atom is 0.206 e. The minimum absolute atomic E-state index is 0.473. The largest absolute Gasteiger partial charge is 0.382 e. The van der Waals surface area contributed by atoms with Gasteiger partial charge >= 0.3 is 0 Å². The van der Waals surface area contributed by atoms with Gasteiger partial charge in [0.1, 0.15) is 5.60 Å². The third kappa shape index (κ3) is 4.90. The number of aromatic nitrogens is 4. The first-order valence-corrected chi connectivity index (χ1v) is 12.6. The van der Waals surface area contributed by atoms with Gasteiger partial charge in [0, 0.05) is 45.2 Å². The number of aliphatic hydroxyl groups is 1. The van der Waals surface area contributed by atoms with Crippen molar-refractivity contribution in [2.45, 2.75) is 56.5 Å². The van der Waals surface area contributed by atoms with Crippen LogP contribution in [0.25, 0.3) is 0 Å². The molecule has 0 amide bonds. The molecule has 1 aliphatic carbocycles. The van der Waals surface area contributed by atoms with Crippen LogP contribution in [0.5, 0.6) is 0 Å². The fourth-order valence-corrected chi connectivity index (χ4v) is 6.24. The van der Waals surface area contributed by atoms with Crippen molar-refractivity contribution in [3.8, 4) is 0 Å². The van der Waals surface area contributed by atoms with Gasteiger partial charge in [-0.1, -0.05) is 49.6 Å². The molecule has 1 aromatic heterocycles. The van der Waals surface area contributed by atoms with Crippen molar-refractivity contribution in [3.05, 3.63) is 41.7 Å². The first-order chi connectivity index (χ1) is 15.6. The Kier molecular flexibility index (Phi) is 6.58. The lowest BCUT2D eigenvalue weighted by molar-refractivity contribution is -0.0359. The highest BCUT2D eigenvalue weighted by Crippen LogP contribution is 2.37. The van der Waals surface area contributed by atoms with Gasteiger partial charge in [0.15, 0.2) is 0 Å². The van der Waals surface area contributed by atoms with E-state index in [0.717, 1.165) is 25.6 Å². The third-order valence-corrected chi connectivity index (χ3v) is 8.09. The Morgan fingerprint density at radius 3 is 2.41 bits per heavy atom. The molecule has 2 aliphatic heterocycles. The first kappa shape index (κ1) is 22.0. The lowest BCUT2D eigenvalue weighted by Crippen LogP contribution is -2.45. The predicted octanol–water partition coefficient (Wildman–Crippen LogP) is 2.79. The molecule has 3 fully saturated rings. The van der Waals surface area contributed by atoms with E-state index in [-0.39, 0.29) is 0 Å². The van der Waals surface area contributed by atoms with Gasteiger partial charge in [0.25, 0.3) is 0 Å². The van der Waals surface area contributed by atoms with E-state index in [4.69, 9.17) is 0 Å². The molecule has 1 aromatic carbocycles. The van der Waals surface area contributed by atoms with Gasteiger partial charge in [-0.3, -0.25) is 0 Å². The zero-order chi connectivity index (χ0) is 22.0. The van der Waals surface area contributed by atoms with Crippen molar-refractivity contribution in [2.24, 2.45) is 18.9 Å². The molecular weight excluding hydrogens is 400 g/mol. The number of aryl methyl sites for hydroxylation is 1. The Balaban J connectivity index is 1.22. The Bertz CT molecular complexity index is 856. The minimum Gasteiger partial charge on any atom is -0.382 e. The molecule has 1 N–H and O–H groups in total. The molecule has 0 bridgehead atoms. The van der Waals surface area contributed by atoms with E-state index in [9.17, 15) is 5.11 Å². The first-order valence-electron chi connectivity index (χ1n) is 12.6. The maximum absolute atomic E-state index is 11.1. The smallest absolute Gasteiger partial charge is 0.206 e. The highest BCUT2D eigenvalue weighted by Gasteiger charge is 2.40. The van der Waals surface area contributed by atoms with Gasteiger partial charge in [-0.05, 0) is 48.3 Å². The molecule has 32 heavy (non-hydrogen) atoms. The summed E-state index contributed by atoms with van der Waals surface area (Å²) in [4.78, 5) is 6.74. The van der Waals surface area contributed by atoms with Crippen LogP contribution in [0.3, 0.4) is 0 Å². The molecule has 2 saturated heterocycles. The summed E-state index contributed by atoms with van der Waals surface area (Å²) in [6, 6.07) is 11.1. The van der Waals surface area contributed by atoms with Gasteiger partial charge in [-0.15, -0.1) is 10.2 Å². The average molecular weight is 439 g/mol. The fourth-order valence-electron chi connectivity index (χ4n) is 6.24. The van der Waals surface area contributed by atoms with E-state index in [2.05, 4.69) is 55.5 Å². The Morgan fingerprint density at radius 2 is 1.72 bits per heavy atom. The third-order valence-electron chi connectivity index (χ3n) is 8.09. The van der Waals surface area contributed by atoms with Crippen molar-refractivity contribution >= 4 is 0 Å². The molecule has 0 radical (unpaired) electrons. The standard InChI is InChI=1S/C25H38N6O/c1-29-27-24(26-28-29)25(32)12-14-30(15-13-25)17-22-18-31(16-20-8-4-2-5-9-20)19-23(22)21-10-6-3-7-11-21/h3,6-7,10-11,20,22-23,32H,2,4-5,8-9,12-19H2,1H3/t22-,23+/m0/s1. The minimum atomic E-state index is -0.938. The van der Waals surface area contributed by atoms with E-state index in [1.54, 1.807) is 7.05 Å². The lowest BCUT2D eigenvalue weighted by Gasteiger charge is -2.38. The molecular formula is C25H38N6O. The maximum atomic E-state index is 11.1. The van der Waals surface area contributed by atoms with Crippen LogP contribution >= 0.6 is 0 Å². The van der Waals surface area contributed by atoms with E-state index >= 15 is 0 Å². The summed E-state index contributed by atoms with van der Waals surface area (Å²) in [6.45, 7) is 6.53. The zero-order valence-corrected chi connectivity index (χ0v) is 19.4. The number of likely N-dealkylation sites (tertiary alicyclic amines) is 2. The number of rotatable bonds is 6. The highest BCUT2D eigenvalue weighted by molar-refractivity contribution is 5.22. The van der Waals surface area contributed by atoms with Crippen LogP contribution in [0.15, 0.2) is 30.3 Å². The second kappa shape index (κ2) is 9.57. The number of hydrogen-bond acceptors (Lipinski definition) is 6. The normalized spacial score (nSPS) is 27.7. The summed E-state index contributed by atoms with van der Waals surface area (Å²) < 4.78 is 0. The Morgan fingerprint density at radius 1 is 0.969 bits per heavy atom. The second-order valence-electron chi connectivity index (χ2n) is 10.4. The Hall–Kier alpha value is -1.83. The van der Waals surface area contributed by atoms with Crippen molar-refractivity contribution in [1.29, 1.82) is 0 Å². The molecule has 1 saturated carbocycles. The van der Waals surface area contributed by atoms with Crippen molar-refractivity contribution in [1.82, 2.24) is 30.0 Å². The van der Waals surface area contributed by atoms with Gasteiger partial charge in [0.2, 0.25) is 5.82 Å². The van der Waals surface area contributed by atoms with Crippen LogP contribution in [-0.2, 0) is 12.6 Å². The quantitative estimate of drug-likeness (QED) is 0.748. The molecule has 5 rings (SSSR count). The number of piperidine rings is 1. The van der Waals surface area contributed by atoms with E-state index in [1.807, 2.05) is 0 Å². The van der Waals surface area contributed by atoms with Crippen LogP contribution in [0, 0.1) is 11.8 Å². The van der Waals surface area contributed by atoms with Gasteiger partial charge in [0.05, 0.1) is 7.05 Å². The SMILES string of the molecule is Cn1nnc(C2(O)CCN(C[C@H]3CN(CC4CCCCC4)C[C@@H]3c3ccccc3)CC2)n1. The summed E-state index contributed by atoms with van der Waals surface area (Å²) in [5.74, 6) is 2.61. The topological polar surface area (TPSA) is 70.3 Å². The molecule has 7 heteroatoms. The van der Waals surface area contributed by atoms with Crippen molar-refractivity contribution in [3.63, 3.8) is 0 Å². The number of tetrazole rings is 1. The van der Waals surface area contributed by atoms with Crippen molar-refractivity contribution in [2.75, 3.05) is 39.3 Å². The molecule has 0 unspecified atom stereocenters. The molecule has 3 aliphatic rings. The predicted molar refractivity (Wildman–Crippen MR) is 124 cm³/mol.